The van der Waals surface area contributed by atoms with E-state index in [1.807, 2.05) is 54.6 Å². The van der Waals surface area contributed by atoms with Gasteiger partial charge in [-0.25, -0.2) is 4.98 Å². The van der Waals surface area contributed by atoms with Gasteiger partial charge in [-0.05, 0) is 30.2 Å². The van der Waals surface area contributed by atoms with Crippen LogP contribution >= 0.6 is 56.4 Å². The standard InChI is InChI=1S/C25H22Cl3N3O5S2/c1-15(12-29-19(32)11-16-7-3-2-4-8-16)21-22(34)31(13-20(33)35-14-25(26,27)28)23(21)37-38-24-30-17-9-5-6-10-18(17)36-24/h2-10,12,21,23H,11,13-14H2,1H3,(H,29,32). The molecule has 2 aromatic carbocycles. The second-order valence-electron chi connectivity index (χ2n) is 8.36. The van der Waals surface area contributed by atoms with E-state index in [0.29, 0.717) is 21.9 Å². The molecule has 1 N–H and O–H groups in total. The van der Waals surface area contributed by atoms with Gasteiger partial charge in [-0.1, -0.05) is 88.1 Å². The molecule has 1 fully saturated rings. The highest BCUT2D eigenvalue weighted by molar-refractivity contribution is 8.76. The summed E-state index contributed by atoms with van der Waals surface area (Å²) in [6.45, 7) is 0.987. The molecule has 3 aromatic rings. The van der Waals surface area contributed by atoms with Crippen molar-refractivity contribution in [3.63, 3.8) is 0 Å². The maximum atomic E-state index is 13.1. The van der Waals surface area contributed by atoms with E-state index >= 15 is 0 Å². The number of carbonyl (C=O) groups excluding carboxylic acids is 3. The Labute approximate surface area is 241 Å². The summed E-state index contributed by atoms with van der Waals surface area (Å²) < 4.78 is 9.00. The van der Waals surface area contributed by atoms with Crippen LogP contribution in [0.15, 0.2) is 76.0 Å². The predicted octanol–water partition coefficient (Wildman–Crippen LogP) is 5.53. The van der Waals surface area contributed by atoms with Crippen molar-refractivity contribution in [2.24, 2.45) is 5.92 Å². The fourth-order valence-electron chi connectivity index (χ4n) is 3.66. The van der Waals surface area contributed by atoms with Crippen LogP contribution < -0.4 is 5.32 Å². The van der Waals surface area contributed by atoms with E-state index < -0.39 is 27.7 Å². The Morgan fingerprint density at radius 3 is 2.58 bits per heavy atom. The zero-order chi connectivity index (χ0) is 27.3. The van der Waals surface area contributed by atoms with E-state index in [-0.39, 0.29) is 24.8 Å². The lowest BCUT2D eigenvalue weighted by Crippen LogP contribution is -2.61. The molecule has 2 unspecified atom stereocenters. The smallest absolute Gasteiger partial charge is 0.325 e. The topological polar surface area (TPSA) is 102 Å². The summed E-state index contributed by atoms with van der Waals surface area (Å²) in [7, 11) is 2.55. The number of nitrogens with one attached hydrogen (secondary N) is 1. The van der Waals surface area contributed by atoms with Crippen LogP contribution in [0, 0.1) is 5.92 Å². The van der Waals surface area contributed by atoms with Crippen molar-refractivity contribution in [1.82, 2.24) is 15.2 Å². The molecule has 2 amide bonds. The molecule has 2 atom stereocenters. The first-order chi connectivity index (χ1) is 18.1. The number of hydrogen-bond acceptors (Lipinski definition) is 8. The number of halogens is 3. The number of para-hydroxylation sites is 2. The number of alkyl halides is 3. The highest BCUT2D eigenvalue weighted by atomic mass is 35.6. The number of amides is 2. The van der Waals surface area contributed by atoms with Crippen molar-refractivity contribution in [3.05, 3.63) is 71.9 Å². The van der Waals surface area contributed by atoms with Crippen molar-refractivity contribution >= 4 is 85.3 Å². The molecule has 4 rings (SSSR count). The number of aromatic nitrogens is 1. The highest BCUT2D eigenvalue weighted by Crippen LogP contribution is 2.47. The normalized spacial score (nSPS) is 17.8. The van der Waals surface area contributed by atoms with E-state index in [9.17, 15) is 14.4 Å². The number of esters is 1. The van der Waals surface area contributed by atoms with Gasteiger partial charge in [-0.15, -0.1) is 0 Å². The lowest BCUT2D eigenvalue weighted by molar-refractivity contribution is -0.158. The molecule has 1 aliphatic rings. The summed E-state index contributed by atoms with van der Waals surface area (Å²) in [5.74, 6) is -1.80. The third-order valence-electron chi connectivity index (χ3n) is 5.49. The van der Waals surface area contributed by atoms with E-state index in [1.54, 1.807) is 6.92 Å². The number of oxazole rings is 1. The Morgan fingerprint density at radius 2 is 1.87 bits per heavy atom. The average molecular weight is 615 g/mol. The molecule has 8 nitrogen and oxygen atoms in total. The van der Waals surface area contributed by atoms with Gasteiger partial charge in [0.25, 0.3) is 5.22 Å². The number of ether oxygens (including phenoxy) is 1. The molecule has 0 spiro atoms. The summed E-state index contributed by atoms with van der Waals surface area (Å²) in [6.07, 6.45) is 1.74. The van der Waals surface area contributed by atoms with E-state index in [1.165, 1.54) is 32.7 Å². The first kappa shape index (κ1) is 28.6. The van der Waals surface area contributed by atoms with Gasteiger partial charge in [0.05, 0.1) is 12.3 Å². The van der Waals surface area contributed by atoms with E-state index in [4.69, 9.17) is 44.0 Å². The molecule has 0 aliphatic carbocycles. The van der Waals surface area contributed by atoms with Crippen molar-refractivity contribution in [2.45, 2.75) is 27.7 Å². The fraction of sp³-hybridized carbons (Fsp3) is 0.280. The molecule has 38 heavy (non-hydrogen) atoms. The van der Waals surface area contributed by atoms with Crippen LogP contribution in [0.25, 0.3) is 11.1 Å². The van der Waals surface area contributed by atoms with Crippen molar-refractivity contribution in [1.29, 1.82) is 0 Å². The SMILES string of the molecule is CC(=CNC(=O)Cc1ccccc1)C1C(=O)N(CC(=O)OCC(Cl)(Cl)Cl)C1SSc1nc2ccccc2o1. The summed E-state index contributed by atoms with van der Waals surface area (Å²) in [5, 5.41) is 2.69. The molecule has 0 bridgehead atoms. The number of benzene rings is 2. The minimum Gasteiger partial charge on any atom is -0.460 e. The van der Waals surface area contributed by atoms with Crippen LogP contribution in [0.2, 0.25) is 0 Å². The second kappa shape index (κ2) is 12.7. The molecule has 1 aliphatic heterocycles. The maximum Gasteiger partial charge on any atom is 0.325 e. The van der Waals surface area contributed by atoms with Gasteiger partial charge in [0, 0.05) is 17.0 Å². The second-order valence-corrected chi connectivity index (χ2v) is 13.1. The van der Waals surface area contributed by atoms with Gasteiger partial charge in [0.1, 0.15) is 24.0 Å². The maximum absolute atomic E-state index is 13.1. The number of rotatable bonds is 10. The van der Waals surface area contributed by atoms with Crippen LogP contribution in [-0.2, 0) is 25.5 Å². The van der Waals surface area contributed by atoms with Gasteiger partial charge in [-0.3, -0.25) is 14.4 Å². The van der Waals surface area contributed by atoms with E-state index in [0.717, 1.165) is 5.56 Å². The molecule has 0 radical (unpaired) electrons. The Balaban J connectivity index is 1.43. The molecule has 2 heterocycles. The largest absolute Gasteiger partial charge is 0.460 e. The van der Waals surface area contributed by atoms with Gasteiger partial charge in [0.15, 0.2) is 5.58 Å². The van der Waals surface area contributed by atoms with Crippen LogP contribution in [0.4, 0.5) is 0 Å². The van der Waals surface area contributed by atoms with Crippen molar-refractivity contribution in [2.75, 3.05) is 13.2 Å². The van der Waals surface area contributed by atoms with Crippen LogP contribution in [0.5, 0.6) is 0 Å². The van der Waals surface area contributed by atoms with E-state index in [2.05, 4.69) is 10.3 Å². The predicted molar refractivity (Wildman–Crippen MR) is 150 cm³/mol. The Hall–Kier alpha value is -2.37. The number of fused-ring (bicyclic) bond motifs is 1. The quantitative estimate of drug-likeness (QED) is 0.138. The molecular formula is C25H22Cl3N3O5S2. The average Bonchev–Trinajstić information content (AvgIpc) is 3.30. The number of nitrogens with zero attached hydrogens (tertiary/aromatic N) is 2. The van der Waals surface area contributed by atoms with Crippen molar-refractivity contribution < 1.29 is 23.5 Å². The lowest BCUT2D eigenvalue weighted by atomic mass is 9.91. The molecule has 0 saturated carbocycles. The minimum absolute atomic E-state index is 0.205. The van der Waals surface area contributed by atoms with Crippen molar-refractivity contribution in [3.8, 4) is 0 Å². The third kappa shape index (κ3) is 7.60. The summed E-state index contributed by atoms with van der Waals surface area (Å²) >= 11 is 17.0. The van der Waals surface area contributed by atoms with Gasteiger partial charge in [0.2, 0.25) is 15.6 Å². The number of likely N-dealkylation sites (tertiary alicyclic amines) is 1. The fourth-order valence-corrected chi connectivity index (χ4v) is 6.39. The number of carbonyl (C=O) groups is 3. The summed E-state index contributed by atoms with van der Waals surface area (Å²) in [6, 6.07) is 16.7. The number of β-lactam (4-membered cyclic amide) rings is 1. The summed E-state index contributed by atoms with van der Waals surface area (Å²) in [4.78, 5) is 43.6. The van der Waals surface area contributed by atoms with Gasteiger partial charge in [-0.2, -0.15) is 0 Å². The number of hydrogen-bond donors (Lipinski definition) is 1. The highest BCUT2D eigenvalue weighted by Gasteiger charge is 2.50. The monoisotopic (exact) mass is 613 g/mol. The first-order valence-corrected chi connectivity index (χ1v) is 14.7. The third-order valence-corrected chi connectivity index (χ3v) is 8.26. The van der Waals surface area contributed by atoms with Crippen LogP contribution in [0.3, 0.4) is 0 Å². The lowest BCUT2D eigenvalue weighted by Gasteiger charge is -2.46. The zero-order valence-corrected chi connectivity index (χ0v) is 23.8. The molecular weight excluding hydrogens is 593 g/mol. The van der Waals surface area contributed by atoms with Gasteiger partial charge >= 0.3 is 5.97 Å². The zero-order valence-electron chi connectivity index (χ0n) is 19.9. The first-order valence-electron chi connectivity index (χ1n) is 11.3. The minimum atomic E-state index is -1.76. The Bertz CT molecular complexity index is 1310. The molecule has 1 saturated heterocycles. The summed E-state index contributed by atoms with van der Waals surface area (Å²) in [5.41, 5.74) is 2.86. The van der Waals surface area contributed by atoms with Gasteiger partial charge < -0.3 is 19.4 Å². The van der Waals surface area contributed by atoms with Crippen LogP contribution in [-0.4, -0.2) is 50.0 Å². The Kier molecular flexibility index (Phi) is 9.54. The van der Waals surface area contributed by atoms with Crippen LogP contribution in [0.1, 0.15) is 12.5 Å². The molecule has 200 valence electrons. The molecule has 13 heteroatoms. The molecule has 1 aromatic heterocycles. The Morgan fingerprint density at radius 1 is 1.16 bits per heavy atom.